The van der Waals surface area contributed by atoms with Crippen LogP contribution in [0.15, 0.2) is 54.7 Å². The molecule has 2 aliphatic rings. The first-order chi connectivity index (χ1) is 16.7. The van der Waals surface area contributed by atoms with E-state index in [9.17, 15) is 0 Å². The number of hydrogen-bond donors (Lipinski definition) is 1. The lowest BCUT2D eigenvalue weighted by Gasteiger charge is -2.40. The second-order valence-electron chi connectivity index (χ2n) is 9.67. The number of ether oxygens (including phenoxy) is 2. The summed E-state index contributed by atoms with van der Waals surface area (Å²) in [6.07, 6.45) is 5.70. The summed E-state index contributed by atoms with van der Waals surface area (Å²) in [5.74, 6) is 0.601. The highest BCUT2D eigenvalue weighted by atomic mass is 16.5. The molecule has 6 heteroatoms. The number of piperidine rings is 1. The van der Waals surface area contributed by atoms with Gasteiger partial charge in [-0.3, -0.25) is 4.90 Å². The third-order valence-corrected chi connectivity index (χ3v) is 7.35. The van der Waals surface area contributed by atoms with Gasteiger partial charge < -0.3 is 14.8 Å². The maximum atomic E-state index is 6.00. The molecule has 1 aromatic heterocycles. The smallest absolute Gasteiger partial charge is 0.320 e. The molecule has 2 aliphatic heterocycles. The molecule has 0 saturated carbocycles. The van der Waals surface area contributed by atoms with E-state index in [0.29, 0.717) is 23.9 Å². The van der Waals surface area contributed by atoms with Crippen molar-refractivity contribution in [3.63, 3.8) is 0 Å². The van der Waals surface area contributed by atoms with Gasteiger partial charge in [-0.1, -0.05) is 48.5 Å². The molecule has 1 spiro atoms. The molecular formula is C28H34N4O2. The van der Waals surface area contributed by atoms with Crippen molar-refractivity contribution >= 4 is 0 Å². The Kier molecular flexibility index (Phi) is 6.79. The van der Waals surface area contributed by atoms with E-state index in [0.717, 1.165) is 43.9 Å². The summed E-state index contributed by atoms with van der Waals surface area (Å²) in [6, 6.07) is 17.1. The van der Waals surface area contributed by atoms with E-state index in [-0.39, 0.29) is 0 Å². The average molecular weight is 459 g/mol. The van der Waals surface area contributed by atoms with Crippen molar-refractivity contribution in [2.75, 3.05) is 33.3 Å². The number of nitrogens with zero attached hydrogens (tertiary/aromatic N) is 3. The first-order valence-electron chi connectivity index (χ1n) is 12.3. The molecule has 6 nitrogen and oxygen atoms in total. The first-order valence-corrected chi connectivity index (χ1v) is 12.3. The number of methoxy groups -OCH3 is 1. The van der Waals surface area contributed by atoms with Crippen molar-refractivity contribution < 1.29 is 9.47 Å². The molecule has 2 fully saturated rings. The van der Waals surface area contributed by atoms with E-state index >= 15 is 0 Å². The minimum atomic E-state index is 0.347. The topological polar surface area (TPSA) is 59.5 Å². The predicted molar refractivity (Wildman–Crippen MR) is 134 cm³/mol. The maximum Gasteiger partial charge on any atom is 0.320 e. The molecule has 3 heterocycles. The van der Waals surface area contributed by atoms with Crippen LogP contribution in [0.3, 0.4) is 0 Å². The van der Waals surface area contributed by atoms with E-state index in [1.807, 2.05) is 12.3 Å². The van der Waals surface area contributed by atoms with Crippen LogP contribution in [0.25, 0.3) is 11.1 Å². The van der Waals surface area contributed by atoms with Gasteiger partial charge in [-0.25, -0.2) is 4.98 Å². The molecule has 2 aromatic carbocycles. The van der Waals surface area contributed by atoms with Crippen LogP contribution in [0.4, 0.5) is 0 Å². The summed E-state index contributed by atoms with van der Waals surface area (Å²) in [6.45, 7) is 7.87. The van der Waals surface area contributed by atoms with E-state index < -0.39 is 0 Å². The largest absolute Gasteiger partial charge is 0.481 e. The Hall–Kier alpha value is -2.96. The molecule has 3 aromatic rings. The van der Waals surface area contributed by atoms with Crippen LogP contribution in [0, 0.1) is 12.3 Å². The highest BCUT2D eigenvalue weighted by Crippen LogP contribution is 2.36. The van der Waals surface area contributed by atoms with Crippen LogP contribution in [-0.4, -0.2) is 48.2 Å². The lowest BCUT2D eigenvalue weighted by molar-refractivity contribution is 0.0967. The number of benzene rings is 2. The number of aromatic nitrogens is 2. The lowest BCUT2D eigenvalue weighted by atomic mass is 9.79. The quantitative estimate of drug-likeness (QED) is 0.558. The Balaban J connectivity index is 1.26. The highest BCUT2D eigenvalue weighted by molar-refractivity contribution is 5.68. The highest BCUT2D eigenvalue weighted by Gasteiger charge is 2.38. The van der Waals surface area contributed by atoms with Gasteiger partial charge in [0.1, 0.15) is 6.61 Å². The molecule has 34 heavy (non-hydrogen) atoms. The third-order valence-electron chi connectivity index (χ3n) is 7.35. The Morgan fingerprint density at radius 1 is 1.06 bits per heavy atom. The Morgan fingerprint density at radius 3 is 2.74 bits per heavy atom. The minimum Gasteiger partial charge on any atom is -0.481 e. The van der Waals surface area contributed by atoms with Gasteiger partial charge >= 0.3 is 6.01 Å². The molecule has 178 valence electrons. The van der Waals surface area contributed by atoms with Gasteiger partial charge in [0.25, 0.3) is 0 Å². The molecule has 2 saturated heterocycles. The number of likely N-dealkylation sites (tertiary alicyclic amines) is 1. The van der Waals surface area contributed by atoms with Crippen molar-refractivity contribution in [1.82, 2.24) is 20.2 Å². The molecule has 0 bridgehead atoms. The minimum absolute atomic E-state index is 0.347. The van der Waals surface area contributed by atoms with Crippen molar-refractivity contribution in [2.24, 2.45) is 5.41 Å². The van der Waals surface area contributed by atoms with Gasteiger partial charge in [0.05, 0.1) is 7.11 Å². The lowest BCUT2D eigenvalue weighted by Crippen LogP contribution is -2.44. The number of hydrogen-bond acceptors (Lipinski definition) is 6. The summed E-state index contributed by atoms with van der Waals surface area (Å²) < 4.78 is 11.6. The van der Waals surface area contributed by atoms with E-state index in [2.05, 4.69) is 69.6 Å². The summed E-state index contributed by atoms with van der Waals surface area (Å²) in [4.78, 5) is 11.6. The zero-order valence-corrected chi connectivity index (χ0v) is 20.2. The van der Waals surface area contributed by atoms with Crippen LogP contribution < -0.4 is 14.8 Å². The fourth-order valence-corrected chi connectivity index (χ4v) is 5.47. The van der Waals surface area contributed by atoms with Gasteiger partial charge in [0, 0.05) is 31.4 Å². The first kappa shape index (κ1) is 22.8. The van der Waals surface area contributed by atoms with Crippen LogP contribution in [0.1, 0.15) is 36.0 Å². The average Bonchev–Trinajstić information content (AvgIpc) is 3.31. The van der Waals surface area contributed by atoms with Crippen molar-refractivity contribution in [2.45, 2.75) is 39.3 Å². The second-order valence-corrected chi connectivity index (χ2v) is 9.67. The molecular weight excluding hydrogens is 424 g/mol. The summed E-state index contributed by atoms with van der Waals surface area (Å²) >= 11 is 0. The molecule has 0 radical (unpaired) electrons. The standard InChI is InChI=1S/C28H34N4O2/c1-21-23(10-6-11-25(21)22-8-4-3-5-9-22)18-34-27-30-16-24(26(31-27)33-2)17-32-15-7-12-28(20-32)13-14-29-19-28/h3-6,8-11,16,29H,7,12-15,17-20H2,1-2H3. The Morgan fingerprint density at radius 2 is 1.94 bits per heavy atom. The fraction of sp³-hybridized carbons (Fsp3) is 0.429. The normalized spacial score (nSPS) is 20.5. The van der Waals surface area contributed by atoms with Crippen molar-refractivity contribution in [1.29, 1.82) is 0 Å². The predicted octanol–water partition coefficient (Wildman–Crippen LogP) is 4.62. The van der Waals surface area contributed by atoms with Gasteiger partial charge in [-0.15, -0.1) is 0 Å². The van der Waals surface area contributed by atoms with Gasteiger partial charge in [0.15, 0.2) is 0 Å². The molecule has 0 amide bonds. The summed E-state index contributed by atoms with van der Waals surface area (Å²) in [7, 11) is 1.67. The van der Waals surface area contributed by atoms with Crippen molar-refractivity contribution in [3.05, 3.63) is 71.4 Å². The molecule has 1 unspecified atom stereocenters. The SMILES string of the molecule is COc1nc(OCc2cccc(-c3ccccc3)c2C)ncc1CN1CCCC2(CCNC2)C1. The molecule has 1 N–H and O–H groups in total. The number of rotatable bonds is 7. The van der Waals surface area contributed by atoms with Crippen LogP contribution in [-0.2, 0) is 13.2 Å². The van der Waals surface area contributed by atoms with Gasteiger partial charge in [-0.2, -0.15) is 4.98 Å². The zero-order valence-electron chi connectivity index (χ0n) is 20.2. The van der Waals surface area contributed by atoms with Crippen LogP contribution >= 0.6 is 0 Å². The second kappa shape index (κ2) is 10.1. The molecule has 1 atom stereocenters. The zero-order chi connectivity index (χ0) is 23.4. The van der Waals surface area contributed by atoms with Crippen LogP contribution in [0.2, 0.25) is 0 Å². The third kappa shape index (κ3) is 4.93. The van der Waals surface area contributed by atoms with Gasteiger partial charge in [0.2, 0.25) is 5.88 Å². The van der Waals surface area contributed by atoms with E-state index in [1.165, 1.54) is 36.0 Å². The van der Waals surface area contributed by atoms with Crippen molar-refractivity contribution in [3.8, 4) is 23.0 Å². The van der Waals surface area contributed by atoms with E-state index in [4.69, 9.17) is 9.47 Å². The van der Waals surface area contributed by atoms with E-state index in [1.54, 1.807) is 7.11 Å². The fourth-order valence-electron chi connectivity index (χ4n) is 5.47. The molecule has 5 rings (SSSR count). The van der Waals surface area contributed by atoms with Gasteiger partial charge in [-0.05, 0) is 66.9 Å². The Labute approximate surface area is 202 Å². The summed E-state index contributed by atoms with van der Waals surface area (Å²) in [5, 5.41) is 3.55. The number of nitrogens with one attached hydrogen (secondary N) is 1. The Bertz CT molecular complexity index is 1110. The monoisotopic (exact) mass is 458 g/mol. The van der Waals surface area contributed by atoms with Crippen LogP contribution in [0.5, 0.6) is 11.9 Å². The molecule has 0 aliphatic carbocycles. The summed E-state index contributed by atoms with van der Waals surface area (Å²) in [5.41, 5.74) is 6.19. The maximum absolute atomic E-state index is 6.00.